The molecular formula is C3H9NO2P6. The summed E-state index contributed by atoms with van der Waals surface area (Å²) in [6.45, 7) is 2.57. The summed E-state index contributed by atoms with van der Waals surface area (Å²) in [6, 6.07) is 0.998. The third-order valence-electron chi connectivity index (χ3n) is 1.00. The summed E-state index contributed by atoms with van der Waals surface area (Å²) in [5.74, 6) is 0. The molecule has 1 N–H and O–H groups in total. The summed E-state index contributed by atoms with van der Waals surface area (Å²) in [6.07, 6.45) is 0. The topological polar surface area (TPSA) is 50.1 Å². The monoisotopic (exact) mass is 277 g/mol. The lowest BCUT2D eigenvalue weighted by Crippen LogP contribution is -1.80. The van der Waals surface area contributed by atoms with E-state index >= 15 is 0 Å². The van der Waals surface area contributed by atoms with Crippen molar-refractivity contribution in [3.8, 4) is 0 Å². The molecule has 0 aromatic carbocycles. The van der Waals surface area contributed by atoms with Gasteiger partial charge in [-0.15, -0.1) is 0 Å². The van der Waals surface area contributed by atoms with Crippen molar-refractivity contribution in [2.75, 3.05) is 6.61 Å². The molecule has 0 radical (unpaired) electrons. The summed E-state index contributed by atoms with van der Waals surface area (Å²) < 4.78 is 5.52. The van der Waals surface area contributed by atoms with Crippen molar-refractivity contribution in [3.63, 3.8) is 0 Å². The first-order valence-corrected chi connectivity index (χ1v) is 14.8. The predicted octanol–water partition coefficient (Wildman–Crippen LogP) is 4.79. The molecule has 0 aliphatic heterocycles. The van der Waals surface area contributed by atoms with Gasteiger partial charge in [0.2, 0.25) is 0 Å². The number of hydrogen-bond acceptors (Lipinski definition) is 3. The summed E-state index contributed by atoms with van der Waals surface area (Å²) in [7, 11) is 1.95. The fraction of sp³-hybridized carbons (Fsp3) is 0.667. The van der Waals surface area contributed by atoms with Crippen molar-refractivity contribution in [1.29, 1.82) is 5.16 Å². The summed E-state index contributed by atoms with van der Waals surface area (Å²) in [4.78, 5) is 10.3. The zero-order valence-corrected chi connectivity index (χ0v) is 12.0. The van der Waals surface area contributed by atoms with E-state index in [9.17, 15) is 4.79 Å². The maximum absolute atomic E-state index is 10.3. The van der Waals surface area contributed by atoms with Gasteiger partial charge in [0.05, 0.1) is 20.7 Å². The zero-order valence-electron chi connectivity index (χ0n) is 6.39. The Bertz CT molecular complexity index is 250. The van der Waals surface area contributed by atoms with Gasteiger partial charge in [0, 0.05) is 8.06 Å². The second-order valence-electron chi connectivity index (χ2n) is 1.72. The normalized spacial score (nSPS) is 18.4. The molecule has 5 atom stereocenters. The molecule has 1 rings (SSSR count). The quantitative estimate of drug-likeness (QED) is 0.600. The van der Waals surface area contributed by atoms with Crippen LogP contribution < -0.4 is 4.52 Å². The van der Waals surface area contributed by atoms with E-state index in [0.29, 0.717) is 16.3 Å². The fourth-order valence-electron chi connectivity index (χ4n) is 0.555. The van der Waals surface area contributed by atoms with Crippen molar-refractivity contribution >= 4 is 50.6 Å². The van der Waals surface area contributed by atoms with Crippen LogP contribution in [0, 0.1) is 5.16 Å². The largest absolute Gasteiger partial charge is 0.324 e. The van der Waals surface area contributed by atoms with Gasteiger partial charge in [0.15, 0.2) is 0 Å². The lowest BCUT2D eigenvalue weighted by atomic mass is 10.9. The van der Waals surface area contributed by atoms with E-state index in [2.05, 4.69) is 0 Å². The third kappa shape index (κ3) is 3.33. The van der Waals surface area contributed by atoms with E-state index in [1.807, 2.05) is 6.92 Å². The van der Waals surface area contributed by atoms with Gasteiger partial charge in [0.25, 0.3) is 0 Å². The average Bonchev–Trinajstić information content (AvgIpc) is 2.81. The van der Waals surface area contributed by atoms with E-state index in [1.54, 1.807) is 0 Å². The minimum absolute atomic E-state index is 0.0272. The third-order valence-corrected chi connectivity index (χ3v) is 35.3. The van der Waals surface area contributed by atoms with Gasteiger partial charge in [-0.2, -0.15) is 0 Å². The lowest BCUT2D eigenvalue weighted by molar-refractivity contribution is 0.466. The highest BCUT2D eigenvalue weighted by Crippen LogP contribution is 2.99. The highest BCUT2D eigenvalue weighted by Gasteiger charge is 2.20. The van der Waals surface area contributed by atoms with Crippen molar-refractivity contribution in [1.82, 2.24) is 0 Å². The summed E-state index contributed by atoms with van der Waals surface area (Å²) >= 11 is 0. The van der Waals surface area contributed by atoms with Gasteiger partial charge in [-0.05, 0) is 21.8 Å². The Balaban J connectivity index is 2.45. The number of carbonyl (C=O) groups is 1. The standard InChI is InChI=1S/C3H9NO2P6/c1-2-6-10-9-12(10)11(8-4)7-3-5/h3-4,7,9H,2H2,1H3. The van der Waals surface area contributed by atoms with Crippen LogP contribution in [0.1, 0.15) is 6.92 Å². The highest BCUT2D eigenvalue weighted by atomic mass is 33.0. The molecule has 1 aromatic heterocycles. The van der Waals surface area contributed by atoms with E-state index < -0.39 is 0 Å². The smallest absolute Gasteiger partial charge is 0.144 e. The van der Waals surface area contributed by atoms with Crippen molar-refractivity contribution < 1.29 is 9.32 Å². The molecule has 0 fully saturated rings. The highest BCUT2D eigenvalue weighted by molar-refractivity contribution is 9.00. The van der Waals surface area contributed by atoms with Crippen molar-refractivity contribution in [3.05, 3.63) is 0 Å². The molecule has 0 aliphatic rings. The van der Waals surface area contributed by atoms with Crippen LogP contribution in [0.2, 0.25) is 0 Å². The Kier molecular flexibility index (Phi) is 5.84. The van der Waals surface area contributed by atoms with Crippen LogP contribution in [0.3, 0.4) is 0 Å². The van der Waals surface area contributed by atoms with E-state index in [4.69, 9.17) is 9.69 Å². The van der Waals surface area contributed by atoms with Gasteiger partial charge in [0.1, 0.15) is 6.03 Å². The van der Waals surface area contributed by atoms with Gasteiger partial charge in [-0.3, -0.25) is 9.96 Å². The van der Waals surface area contributed by atoms with Crippen molar-refractivity contribution in [2.24, 2.45) is 0 Å². The summed E-state index contributed by atoms with van der Waals surface area (Å²) in [5, 5.41) is 7.28. The SMILES string of the molecule is CCOp1[pH]p1P(P=N)PC=O. The first-order valence-electron chi connectivity index (χ1n) is 3.20. The lowest BCUT2D eigenvalue weighted by Gasteiger charge is -1.98. The molecule has 12 heavy (non-hydrogen) atoms. The molecule has 5 unspecified atom stereocenters. The second kappa shape index (κ2) is 6.06. The molecule has 0 bridgehead atoms. The summed E-state index contributed by atoms with van der Waals surface area (Å²) in [5.41, 5.74) is 0. The Morgan fingerprint density at radius 3 is 3.17 bits per heavy atom. The molecule has 0 saturated carbocycles. The average molecular weight is 277 g/mol. The van der Waals surface area contributed by atoms with E-state index in [0.717, 1.165) is 20.2 Å². The van der Waals surface area contributed by atoms with Crippen LogP contribution in [-0.2, 0) is 4.79 Å². The fourth-order valence-corrected chi connectivity index (χ4v) is 44.5. The van der Waals surface area contributed by atoms with Crippen LogP contribution in [0.25, 0.3) is 0 Å². The van der Waals surface area contributed by atoms with Crippen LogP contribution in [0.4, 0.5) is 0 Å². The minimum Gasteiger partial charge on any atom is -0.324 e. The number of rotatable bonds is 6. The second-order valence-corrected chi connectivity index (χ2v) is 25.7. The van der Waals surface area contributed by atoms with Crippen LogP contribution in [-0.4, -0.2) is 12.6 Å². The van der Waals surface area contributed by atoms with Crippen LogP contribution >= 0.6 is 44.6 Å². The first kappa shape index (κ1) is 11.6. The maximum Gasteiger partial charge on any atom is 0.144 e. The molecular weight excluding hydrogens is 268 g/mol. The Morgan fingerprint density at radius 1 is 1.92 bits per heavy atom. The molecule has 3 nitrogen and oxygen atoms in total. The Labute approximate surface area is 78.9 Å². The van der Waals surface area contributed by atoms with Crippen molar-refractivity contribution in [2.45, 2.75) is 6.92 Å². The Morgan fingerprint density at radius 2 is 2.67 bits per heavy atom. The van der Waals surface area contributed by atoms with Gasteiger partial charge >= 0.3 is 0 Å². The van der Waals surface area contributed by atoms with Crippen LogP contribution in [0.15, 0.2) is 0 Å². The maximum atomic E-state index is 10.3. The van der Waals surface area contributed by atoms with E-state index in [-0.39, 0.29) is 20.7 Å². The number of nitrogens with one attached hydrogen (secondary N) is 1. The molecule has 0 amide bonds. The van der Waals surface area contributed by atoms with Gasteiger partial charge in [-0.25, -0.2) is 0 Å². The molecule has 0 saturated heterocycles. The molecule has 1 heterocycles. The zero-order chi connectivity index (χ0) is 8.97. The van der Waals surface area contributed by atoms with E-state index in [1.165, 1.54) is 0 Å². The van der Waals surface area contributed by atoms with Gasteiger partial charge < -0.3 is 4.52 Å². The molecule has 0 aliphatic carbocycles. The Hall–Kier alpha value is 1.49. The number of hydrogen-bond donors (Lipinski definition) is 1. The van der Waals surface area contributed by atoms with Gasteiger partial charge in [-0.1, -0.05) is 7.55 Å². The first-order chi connectivity index (χ1) is 5.83. The predicted molar refractivity (Wildman–Crippen MR) is 65.5 cm³/mol. The number of carbonyl (C=O) groups excluding carboxylic acids is 1. The molecule has 0 spiro atoms. The molecule has 1 aromatic rings. The minimum atomic E-state index is -0.278. The van der Waals surface area contributed by atoms with Crippen LogP contribution in [0.5, 0.6) is 0 Å². The molecule has 68 valence electrons. The molecule has 9 heteroatoms.